The Hall–Kier alpha value is -0.610. The number of nitrogens with zero attached hydrogens (tertiary/aromatic N) is 2. The molecule has 1 aliphatic heterocycles. The van der Waals surface area contributed by atoms with E-state index in [-0.39, 0.29) is 12.0 Å². The number of likely N-dealkylation sites (tertiary alicyclic amines) is 1. The van der Waals surface area contributed by atoms with Gasteiger partial charge in [-0.15, -0.1) is 0 Å². The van der Waals surface area contributed by atoms with Crippen molar-refractivity contribution in [2.24, 2.45) is 11.8 Å². The van der Waals surface area contributed by atoms with Crippen LogP contribution in [0.15, 0.2) is 0 Å². The molecular weight excluding hydrogens is 252 g/mol. The average molecular weight is 282 g/mol. The molecule has 2 fully saturated rings. The summed E-state index contributed by atoms with van der Waals surface area (Å²) in [5, 5.41) is 9.49. The average Bonchev–Trinajstić information content (AvgIpc) is 2.89. The molecule has 1 heterocycles. The van der Waals surface area contributed by atoms with E-state index in [1.165, 1.54) is 6.42 Å². The molecule has 0 aromatic carbocycles. The van der Waals surface area contributed by atoms with Gasteiger partial charge in [-0.25, -0.2) is 0 Å². The van der Waals surface area contributed by atoms with E-state index in [0.29, 0.717) is 12.0 Å². The maximum absolute atomic E-state index is 11.5. The van der Waals surface area contributed by atoms with Gasteiger partial charge in [0.2, 0.25) is 0 Å². The Kier molecular flexibility index (Phi) is 5.44. The highest BCUT2D eigenvalue weighted by atomic mass is 16.4. The third-order valence-corrected chi connectivity index (χ3v) is 5.39. The summed E-state index contributed by atoms with van der Waals surface area (Å²) in [6, 6.07) is 0.883. The van der Waals surface area contributed by atoms with Crippen LogP contribution in [0.1, 0.15) is 46.5 Å². The van der Waals surface area contributed by atoms with Gasteiger partial charge < -0.3 is 5.11 Å². The van der Waals surface area contributed by atoms with Gasteiger partial charge in [-0.2, -0.15) is 0 Å². The van der Waals surface area contributed by atoms with E-state index in [9.17, 15) is 9.90 Å². The van der Waals surface area contributed by atoms with Crippen LogP contribution in [0.25, 0.3) is 0 Å². The second kappa shape index (κ2) is 6.90. The first kappa shape index (κ1) is 15.8. The van der Waals surface area contributed by atoms with E-state index in [4.69, 9.17) is 0 Å². The fourth-order valence-corrected chi connectivity index (χ4v) is 4.15. The molecule has 0 spiro atoms. The van der Waals surface area contributed by atoms with Gasteiger partial charge in [0.05, 0.1) is 5.92 Å². The third kappa shape index (κ3) is 3.34. The second-order valence-electron chi connectivity index (χ2n) is 6.59. The van der Waals surface area contributed by atoms with Gasteiger partial charge in [-0.1, -0.05) is 20.8 Å². The first-order valence-electron chi connectivity index (χ1n) is 8.27. The number of carbonyl (C=O) groups is 1. The maximum atomic E-state index is 11.5. The first-order valence-corrected chi connectivity index (χ1v) is 8.27. The molecule has 0 radical (unpaired) electrons. The van der Waals surface area contributed by atoms with Crippen LogP contribution in [-0.4, -0.2) is 59.1 Å². The van der Waals surface area contributed by atoms with Crippen LogP contribution in [0.2, 0.25) is 0 Å². The minimum Gasteiger partial charge on any atom is -0.481 e. The Morgan fingerprint density at radius 3 is 2.55 bits per heavy atom. The fraction of sp³-hybridized carbons (Fsp3) is 0.938. The van der Waals surface area contributed by atoms with E-state index in [0.717, 1.165) is 45.4 Å². The normalized spacial score (nSPS) is 35.6. The maximum Gasteiger partial charge on any atom is 0.308 e. The highest BCUT2D eigenvalue weighted by molar-refractivity contribution is 5.71. The second-order valence-corrected chi connectivity index (χ2v) is 6.59. The van der Waals surface area contributed by atoms with Crippen molar-refractivity contribution in [1.29, 1.82) is 0 Å². The lowest BCUT2D eigenvalue weighted by Crippen LogP contribution is -2.47. The Labute approximate surface area is 123 Å². The Balaban J connectivity index is 2.00. The lowest BCUT2D eigenvalue weighted by atomic mass is 9.78. The van der Waals surface area contributed by atoms with Crippen LogP contribution < -0.4 is 0 Å². The molecule has 0 aromatic rings. The van der Waals surface area contributed by atoms with E-state index >= 15 is 0 Å². The molecule has 0 bridgehead atoms. The van der Waals surface area contributed by atoms with Crippen LogP contribution in [0.3, 0.4) is 0 Å². The van der Waals surface area contributed by atoms with Crippen molar-refractivity contribution in [3.63, 3.8) is 0 Å². The van der Waals surface area contributed by atoms with Crippen molar-refractivity contribution in [2.75, 3.05) is 26.2 Å². The minimum atomic E-state index is -0.590. The molecule has 1 aliphatic carbocycles. The number of aliphatic carboxylic acids is 1. The molecule has 116 valence electrons. The van der Waals surface area contributed by atoms with Crippen molar-refractivity contribution in [3.8, 4) is 0 Å². The molecule has 1 saturated carbocycles. The third-order valence-electron chi connectivity index (χ3n) is 5.39. The van der Waals surface area contributed by atoms with Gasteiger partial charge in [0.1, 0.15) is 0 Å². The molecule has 4 heteroatoms. The van der Waals surface area contributed by atoms with Crippen molar-refractivity contribution in [3.05, 3.63) is 0 Å². The summed E-state index contributed by atoms with van der Waals surface area (Å²) in [6.07, 6.45) is 4.18. The summed E-state index contributed by atoms with van der Waals surface area (Å²) >= 11 is 0. The monoisotopic (exact) mass is 282 g/mol. The van der Waals surface area contributed by atoms with Gasteiger partial charge in [-0.05, 0) is 44.7 Å². The zero-order valence-electron chi connectivity index (χ0n) is 13.2. The number of carboxylic acids is 1. The number of rotatable bonds is 5. The molecule has 2 rings (SSSR count). The zero-order chi connectivity index (χ0) is 14.7. The lowest BCUT2D eigenvalue weighted by molar-refractivity contribution is -0.146. The predicted molar refractivity (Wildman–Crippen MR) is 80.8 cm³/mol. The first-order chi connectivity index (χ1) is 9.56. The lowest BCUT2D eigenvalue weighted by Gasteiger charge is -2.39. The largest absolute Gasteiger partial charge is 0.481 e. The number of likely N-dealkylation sites (N-methyl/N-ethyl adjacent to an activating group) is 1. The smallest absolute Gasteiger partial charge is 0.308 e. The van der Waals surface area contributed by atoms with E-state index < -0.39 is 5.97 Å². The van der Waals surface area contributed by atoms with Crippen molar-refractivity contribution in [2.45, 2.75) is 58.5 Å². The Morgan fingerprint density at radius 1 is 1.25 bits per heavy atom. The fourth-order valence-electron chi connectivity index (χ4n) is 4.15. The topological polar surface area (TPSA) is 43.8 Å². The minimum absolute atomic E-state index is 0.151. The number of hydrogen-bond donors (Lipinski definition) is 1. The summed E-state index contributed by atoms with van der Waals surface area (Å²) in [5.41, 5.74) is 0. The SMILES string of the molecule is CCN(CC)C1CCN(C2CC(C)CCC2C(=O)O)C1. The summed E-state index contributed by atoms with van der Waals surface area (Å²) in [4.78, 5) is 16.5. The van der Waals surface area contributed by atoms with Crippen molar-refractivity contribution in [1.82, 2.24) is 9.80 Å². The van der Waals surface area contributed by atoms with Crippen LogP contribution in [0, 0.1) is 11.8 Å². The van der Waals surface area contributed by atoms with Crippen molar-refractivity contribution < 1.29 is 9.90 Å². The van der Waals surface area contributed by atoms with Gasteiger partial charge in [0.25, 0.3) is 0 Å². The zero-order valence-corrected chi connectivity index (χ0v) is 13.2. The molecule has 0 aromatic heterocycles. The van der Waals surface area contributed by atoms with Gasteiger partial charge in [0, 0.05) is 25.2 Å². The molecule has 1 N–H and O–H groups in total. The summed E-state index contributed by atoms with van der Waals surface area (Å²) in [7, 11) is 0. The Morgan fingerprint density at radius 2 is 1.95 bits per heavy atom. The molecular formula is C16H30N2O2. The molecule has 4 unspecified atom stereocenters. The molecule has 4 nitrogen and oxygen atoms in total. The number of hydrogen-bond acceptors (Lipinski definition) is 3. The van der Waals surface area contributed by atoms with E-state index in [2.05, 4.69) is 30.6 Å². The van der Waals surface area contributed by atoms with E-state index in [1.54, 1.807) is 0 Å². The van der Waals surface area contributed by atoms with E-state index in [1.807, 2.05) is 0 Å². The molecule has 2 aliphatic rings. The Bertz CT molecular complexity index is 330. The number of carboxylic acid groups (broad SMARTS) is 1. The van der Waals surface area contributed by atoms with Crippen LogP contribution in [0.5, 0.6) is 0 Å². The quantitative estimate of drug-likeness (QED) is 0.840. The summed E-state index contributed by atoms with van der Waals surface area (Å²) in [6.45, 7) is 11.0. The van der Waals surface area contributed by atoms with Crippen LogP contribution in [-0.2, 0) is 4.79 Å². The summed E-state index contributed by atoms with van der Waals surface area (Å²) < 4.78 is 0. The standard InChI is InChI=1S/C16H30N2O2/c1-4-17(5-2)13-8-9-18(11-13)15-10-12(3)6-7-14(15)16(19)20/h12-15H,4-11H2,1-3H3,(H,19,20). The van der Waals surface area contributed by atoms with Crippen molar-refractivity contribution >= 4 is 5.97 Å². The summed E-state index contributed by atoms with van der Waals surface area (Å²) in [5.74, 6) is -0.0713. The predicted octanol–water partition coefficient (Wildman–Crippen LogP) is 2.29. The van der Waals surface area contributed by atoms with Gasteiger partial charge in [-0.3, -0.25) is 14.6 Å². The molecule has 4 atom stereocenters. The highest BCUT2D eigenvalue weighted by Crippen LogP contribution is 2.34. The molecule has 20 heavy (non-hydrogen) atoms. The molecule has 0 amide bonds. The molecule has 1 saturated heterocycles. The van der Waals surface area contributed by atoms with Crippen LogP contribution in [0.4, 0.5) is 0 Å². The van der Waals surface area contributed by atoms with Gasteiger partial charge in [0.15, 0.2) is 0 Å². The van der Waals surface area contributed by atoms with Crippen LogP contribution >= 0.6 is 0 Å². The highest BCUT2D eigenvalue weighted by Gasteiger charge is 2.40. The van der Waals surface area contributed by atoms with Gasteiger partial charge >= 0.3 is 5.97 Å².